The van der Waals surface area contributed by atoms with Crippen molar-refractivity contribution >= 4 is 5.82 Å². The van der Waals surface area contributed by atoms with Crippen molar-refractivity contribution in [1.29, 1.82) is 5.26 Å². The van der Waals surface area contributed by atoms with E-state index < -0.39 is 0 Å². The predicted octanol–water partition coefficient (Wildman–Crippen LogP) is 2.64. The van der Waals surface area contributed by atoms with Crippen LogP contribution in [0.4, 0.5) is 5.82 Å². The van der Waals surface area contributed by atoms with Crippen molar-refractivity contribution in [3.63, 3.8) is 0 Å². The molecule has 0 atom stereocenters. The monoisotopic (exact) mass is 312 g/mol. The van der Waals surface area contributed by atoms with Gasteiger partial charge in [-0.2, -0.15) is 10.4 Å². The summed E-state index contributed by atoms with van der Waals surface area (Å²) in [4.78, 5) is 0. The molecule has 0 aliphatic rings. The molecule has 6 nitrogen and oxygen atoms in total. The number of para-hydroxylation sites is 1. The molecule has 1 heterocycles. The second kappa shape index (κ2) is 7.45. The Morgan fingerprint density at radius 3 is 2.61 bits per heavy atom. The minimum atomic E-state index is 0.512. The van der Waals surface area contributed by atoms with Crippen LogP contribution in [-0.2, 0) is 6.42 Å². The van der Waals surface area contributed by atoms with Crippen LogP contribution in [0.3, 0.4) is 0 Å². The summed E-state index contributed by atoms with van der Waals surface area (Å²) in [5.41, 5.74) is 3.18. The Morgan fingerprint density at radius 1 is 1.17 bits per heavy atom. The molecule has 0 unspecified atom stereocenters. The molecule has 23 heavy (non-hydrogen) atoms. The molecule has 0 bridgehead atoms. The van der Waals surface area contributed by atoms with E-state index >= 15 is 0 Å². The van der Waals surface area contributed by atoms with Crippen LogP contribution in [-0.4, -0.2) is 31.0 Å². The third-order valence-corrected chi connectivity index (χ3v) is 3.74. The molecule has 0 radical (unpaired) electrons. The van der Waals surface area contributed by atoms with Crippen molar-refractivity contribution < 1.29 is 9.47 Å². The van der Waals surface area contributed by atoms with Crippen molar-refractivity contribution in [2.45, 2.75) is 20.3 Å². The van der Waals surface area contributed by atoms with Crippen molar-refractivity contribution in [1.82, 2.24) is 10.2 Å². The Morgan fingerprint density at radius 2 is 1.96 bits per heavy atom. The fourth-order valence-corrected chi connectivity index (χ4v) is 2.34. The second-order valence-electron chi connectivity index (χ2n) is 5.08. The number of ether oxygens (including phenoxy) is 2. The number of aromatic nitrogens is 2. The molecule has 0 aliphatic carbocycles. The molecule has 1 aromatic heterocycles. The van der Waals surface area contributed by atoms with Gasteiger partial charge in [-0.25, -0.2) is 0 Å². The van der Waals surface area contributed by atoms with Crippen LogP contribution >= 0.6 is 0 Å². The van der Waals surface area contributed by atoms with E-state index in [0.717, 1.165) is 22.6 Å². The highest BCUT2D eigenvalue weighted by atomic mass is 16.5. The zero-order valence-corrected chi connectivity index (χ0v) is 13.8. The lowest BCUT2D eigenvalue weighted by atomic mass is 10.1. The summed E-state index contributed by atoms with van der Waals surface area (Å²) in [6.07, 6.45) is 0.708. The van der Waals surface area contributed by atoms with E-state index in [4.69, 9.17) is 9.47 Å². The van der Waals surface area contributed by atoms with Crippen LogP contribution in [0, 0.1) is 25.2 Å². The third kappa shape index (κ3) is 3.51. The van der Waals surface area contributed by atoms with Gasteiger partial charge in [0.2, 0.25) is 0 Å². The molecule has 0 saturated carbocycles. The molecular weight excluding hydrogens is 292 g/mol. The molecule has 1 N–H and O–H groups in total. The Hall–Kier alpha value is -2.81. The number of hydrogen-bond acceptors (Lipinski definition) is 6. The number of hydrogen-bond donors (Lipinski definition) is 1. The summed E-state index contributed by atoms with van der Waals surface area (Å²) in [5, 5.41) is 20.6. The zero-order chi connectivity index (χ0) is 16.8. The first-order valence-electron chi connectivity index (χ1n) is 7.30. The van der Waals surface area contributed by atoms with Crippen molar-refractivity contribution in [3.05, 3.63) is 40.6 Å². The van der Waals surface area contributed by atoms with Gasteiger partial charge in [0, 0.05) is 6.54 Å². The average molecular weight is 312 g/mol. The van der Waals surface area contributed by atoms with Gasteiger partial charge in [0.25, 0.3) is 0 Å². The first-order valence-corrected chi connectivity index (χ1v) is 7.30. The van der Waals surface area contributed by atoms with Crippen molar-refractivity contribution in [2.75, 3.05) is 26.1 Å². The molecule has 2 rings (SSSR count). The number of nitrogens with one attached hydrogen (secondary N) is 1. The number of benzene rings is 1. The fourth-order valence-electron chi connectivity index (χ4n) is 2.34. The lowest BCUT2D eigenvalue weighted by Crippen LogP contribution is -2.11. The van der Waals surface area contributed by atoms with Crippen molar-refractivity contribution in [3.8, 4) is 17.6 Å². The maximum atomic E-state index is 9.30. The lowest BCUT2D eigenvalue weighted by Gasteiger charge is -2.13. The zero-order valence-electron chi connectivity index (χ0n) is 13.8. The minimum Gasteiger partial charge on any atom is -0.493 e. The fraction of sp³-hybridized carbons (Fsp3) is 0.353. The second-order valence-corrected chi connectivity index (χ2v) is 5.08. The van der Waals surface area contributed by atoms with E-state index in [1.54, 1.807) is 14.2 Å². The average Bonchev–Trinajstić information content (AvgIpc) is 2.57. The van der Waals surface area contributed by atoms with Gasteiger partial charge >= 0.3 is 0 Å². The Labute approximate surface area is 136 Å². The van der Waals surface area contributed by atoms with Gasteiger partial charge in [0.1, 0.15) is 11.6 Å². The first kappa shape index (κ1) is 16.6. The summed E-state index contributed by atoms with van der Waals surface area (Å²) in [6, 6.07) is 7.95. The van der Waals surface area contributed by atoms with Gasteiger partial charge in [0.05, 0.1) is 19.9 Å². The van der Waals surface area contributed by atoms with E-state index in [1.807, 2.05) is 32.0 Å². The molecule has 0 saturated heterocycles. The van der Waals surface area contributed by atoms with E-state index in [-0.39, 0.29) is 0 Å². The molecule has 0 fully saturated rings. The van der Waals surface area contributed by atoms with E-state index in [1.165, 1.54) is 0 Å². The van der Waals surface area contributed by atoms with E-state index in [0.29, 0.717) is 30.1 Å². The molecule has 0 spiro atoms. The smallest absolute Gasteiger partial charge is 0.166 e. The number of anilines is 1. The van der Waals surface area contributed by atoms with Gasteiger partial charge in [0.15, 0.2) is 17.3 Å². The number of aryl methyl sites for hydroxylation is 1. The Balaban J connectivity index is 2.13. The van der Waals surface area contributed by atoms with Gasteiger partial charge in [-0.1, -0.05) is 12.1 Å². The van der Waals surface area contributed by atoms with Crippen LogP contribution in [0.5, 0.6) is 11.5 Å². The normalized spacial score (nSPS) is 10.0. The summed E-state index contributed by atoms with van der Waals surface area (Å²) < 4.78 is 10.7. The molecule has 120 valence electrons. The third-order valence-electron chi connectivity index (χ3n) is 3.74. The van der Waals surface area contributed by atoms with E-state index in [9.17, 15) is 5.26 Å². The summed E-state index contributed by atoms with van der Waals surface area (Å²) in [5.74, 6) is 1.94. The number of nitriles is 1. The standard InChI is InChI=1S/C17H20N4O2/c1-11-12(2)20-21-17(14(11)10-18)19-9-8-13-6-5-7-15(22-3)16(13)23-4/h5-7H,8-9H2,1-4H3,(H,19,21). The van der Waals surface area contributed by atoms with Crippen LogP contribution in [0.1, 0.15) is 22.4 Å². The highest BCUT2D eigenvalue weighted by Gasteiger charge is 2.12. The van der Waals surface area contributed by atoms with Gasteiger partial charge in [-0.3, -0.25) is 0 Å². The Bertz CT molecular complexity index is 738. The quantitative estimate of drug-likeness (QED) is 0.883. The van der Waals surface area contributed by atoms with Crippen LogP contribution in [0.2, 0.25) is 0 Å². The highest BCUT2D eigenvalue weighted by molar-refractivity contribution is 5.56. The van der Waals surface area contributed by atoms with Gasteiger partial charge in [-0.15, -0.1) is 5.10 Å². The van der Waals surface area contributed by atoms with Gasteiger partial charge < -0.3 is 14.8 Å². The predicted molar refractivity (Wildman–Crippen MR) is 88.0 cm³/mol. The topological polar surface area (TPSA) is 80.1 Å². The number of nitrogens with zero attached hydrogens (tertiary/aromatic N) is 3. The van der Waals surface area contributed by atoms with Crippen molar-refractivity contribution in [2.24, 2.45) is 0 Å². The highest BCUT2D eigenvalue weighted by Crippen LogP contribution is 2.31. The maximum absolute atomic E-state index is 9.30. The van der Waals surface area contributed by atoms with Crippen LogP contribution in [0.15, 0.2) is 18.2 Å². The Kier molecular flexibility index (Phi) is 5.36. The summed E-state index contributed by atoms with van der Waals surface area (Å²) in [6.45, 7) is 4.32. The number of methoxy groups -OCH3 is 2. The molecular formula is C17H20N4O2. The SMILES string of the molecule is COc1cccc(CCNc2nnc(C)c(C)c2C#N)c1OC. The maximum Gasteiger partial charge on any atom is 0.166 e. The molecule has 2 aromatic rings. The van der Waals surface area contributed by atoms with Crippen LogP contribution in [0.25, 0.3) is 0 Å². The molecule has 6 heteroatoms. The van der Waals surface area contributed by atoms with Crippen LogP contribution < -0.4 is 14.8 Å². The first-order chi connectivity index (χ1) is 11.1. The van der Waals surface area contributed by atoms with E-state index in [2.05, 4.69) is 21.6 Å². The van der Waals surface area contributed by atoms with Gasteiger partial charge in [-0.05, 0) is 37.5 Å². The lowest BCUT2D eigenvalue weighted by molar-refractivity contribution is 0.352. The summed E-state index contributed by atoms with van der Waals surface area (Å²) >= 11 is 0. The molecule has 1 aromatic carbocycles. The summed E-state index contributed by atoms with van der Waals surface area (Å²) in [7, 11) is 3.24. The minimum absolute atomic E-state index is 0.512. The number of rotatable bonds is 6. The molecule has 0 amide bonds. The largest absolute Gasteiger partial charge is 0.493 e. The molecule has 0 aliphatic heterocycles.